The molecule has 2 aromatic carbocycles. The Balaban J connectivity index is 1.76. The Morgan fingerprint density at radius 2 is 1.77 bits per heavy atom. The zero-order chi connectivity index (χ0) is 21.1. The molecule has 0 aliphatic heterocycles. The van der Waals surface area contributed by atoms with Gasteiger partial charge in [0.1, 0.15) is 5.82 Å². The summed E-state index contributed by atoms with van der Waals surface area (Å²) in [6.45, 7) is 0. The third-order valence-electron chi connectivity index (χ3n) is 4.41. The van der Waals surface area contributed by atoms with Crippen LogP contribution in [-0.4, -0.2) is 25.8 Å². The third-order valence-corrected chi connectivity index (χ3v) is 4.94. The maximum atomic E-state index is 13.4. The molecule has 7 heteroatoms. The van der Waals surface area contributed by atoms with Crippen molar-refractivity contribution < 1.29 is 14.3 Å². The van der Waals surface area contributed by atoms with Gasteiger partial charge in [0.05, 0.1) is 22.6 Å². The largest absolute Gasteiger partial charge is 0.478 e. The van der Waals surface area contributed by atoms with E-state index in [0.29, 0.717) is 11.4 Å². The van der Waals surface area contributed by atoms with Gasteiger partial charge in [-0.25, -0.2) is 13.9 Å². The SMILES string of the molecule is O=C(O)c1ccnc(/C=C/c2cn(-c3ccc(Br)cc3)nc2-c2ccc(F)cc2)c1. The number of pyridine rings is 1. The van der Waals surface area contributed by atoms with Crippen LogP contribution in [0.3, 0.4) is 0 Å². The van der Waals surface area contributed by atoms with Gasteiger partial charge in [0, 0.05) is 28.0 Å². The lowest BCUT2D eigenvalue weighted by Gasteiger charge is -2.01. The molecule has 1 N–H and O–H groups in total. The minimum absolute atomic E-state index is 0.161. The maximum Gasteiger partial charge on any atom is 0.335 e. The van der Waals surface area contributed by atoms with Gasteiger partial charge < -0.3 is 5.11 Å². The molecule has 0 atom stereocenters. The van der Waals surface area contributed by atoms with E-state index in [0.717, 1.165) is 21.3 Å². The van der Waals surface area contributed by atoms with Gasteiger partial charge in [0.25, 0.3) is 0 Å². The Kier molecular flexibility index (Phi) is 5.54. The van der Waals surface area contributed by atoms with E-state index in [1.807, 2.05) is 36.5 Å². The van der Waals surface area contributed by atoms with Crippen LogP contribution in [0.25, 0.3) is 29.1 Å². The number of halogens is 2. The van der Waals surface area contributed by atoms with Crippen molar-refractivity contribution in [3.05, 3.63) is 100 Å². The van der Waals surface area contributed by atoms with Crippen LogP contribution < -0.4 is 0 Å². The first-order valence-electron chi connectivity index (χ1n) is 8.98. The quantitative estimate of drug-likeness (QED) is 0.411. The lowest BCUT2D eigenvalue weighted by Crippen LogP contribution is -1.96. The van der Waals surface area contributed by atoms with Crippen LogP contribution in [0.1, 0.15) is 21.6 Å². The number of benzene rings is 2. The molecule has 5 nitrogen and oxygen atoms in total. The normalized spacial score (nSPS) is 11.1. The van der Waals surface area contributed by atoms with Crippen LogP contribution in [-0.2, 0) is 0 Å². The molecule has 148 valence electrons. The summed E-state index contributed by atoms with van der Waals surface area (Å²) in [5, 5.41) is 13.8. The highest BCUT2D eigenvalue weighted by molar-refractivity contribution is 9.10. The van der Waals surface area contributed by atoms with E-state index >= 15 is 0 Å². The Morgan fingerprint density at radius 1 is 1.03 bits per heavy atom. The molecule has 0 unspecified atom stereocenters. The number of hydrogen-bond donors (Lipinski definition) is 1. The van der Waals surface area contributed by atoms with Crippen molar-refractivity contribution in [3.63, 3.8) is 0 Å². The Bertz CT molecular complexity index is 1230. The number of aromatic nitrogens is 3. The number of carboxylic acids is 1. The van der Waals surface area contributed by atoms with Crippen LogP contribution in [0.4, 0.5) is 4.39 Å². The molecule has 0 saturated heterocycles. The molecule has 2 aromatic heterocycles. The Morgan fingerprint density at radius 3 is 2.47 bits per heavy atom. The summed E-state index contributed by atoms with van der Waals surface area (Å²) >= 11 is 3.42. The molecule has 0 bridgehead atoms. The fourth-order valence-corrected chi connectivity index (χ4v) is 3.18. The minimum atomic E-state index is -1.01. The number of rotatable bonds is 5. The van der Waals surface area contributed by atoms with Crippen LogP contribution >= 0.6 is 15.9 Å². The summed E-state index contributed by atoms with van der Waals surface area (Å²) in [5.74, 6) is -1.33. The molecule has 0 spiro atoms. The van der Waals surface area contributed by atoms with Crippen LogP contribution in [0.15, 0.2) is 77.5 Å². The molecular formula is C23H15BrFN3O2. The maximum absolute atomic E-state index is 13.4. The Labute approximate surface area is 180 Å². The van der Waals surface area contributed by atoms with Gasteiger partial charge in [-0.05, 0) is 72.8 Å². The summed E-state index contributed by atoms with van der Waals surface area (Å²) in [5.41, 5.74) is 3.76. The molecule has 4 rings (SSSR count). The second-order valence-electron chi connectivity index (χ2n) is 6.47. The lowest BCUT2D eigenvalue weighted by atomic mass is 10.1. The van der Waals surface area contributed by atoms with E-state index < -0.39 is 5.97 Å². The Hall–Kier alpha value is -3.58. The summed E-state index contributed by atoms with van der Waals surface area (Å²) < 4.78 is 16.1. The third kappa shape index (κ3) is 4.36. The smallest absolute Gasteiger partial charge is 0.335 e. The van der Waals surface area contributed by atoms with Crippen LogP contribution in [0.5, 0.6) is 0 Å². The monoisotopic (exact) mass is 463 g/mol. The molecule has 0 fully saturated rings. The average Bonchev–Trinajstić information content (AvgIpc) is 3.18. The molecule has 2 heterocycles. The van der Waals surface area contributed by atoms with Gasteiger partial charge >= 0.3 is 5.97 Å². The second kappa shape index (κ2) is 8.42. The van der Waals surface area contributed by atoms with E-state index in [1.165, 1.54) is 30.5 Å². The summed E-state index contributed by atoms with van der Waals surface area (Å²) in [7, 11) is 0. The van der Waals surface area contributed by atoms with Crippen molar-refractivity contribution in [3.8, 4) is 16.9 Å². The zero-order valence-corrected chi connectivity index (χ0v) is 17.1. The van der Waals surface area contributed by atoms with E-state index in [4.69, 9.17) is 5.11 Å². The molecule has 0 saturated carbocycles. The van der Waals surface area contributed by atoms with Gasteiger partial charge in [-0.15, -0.1) is 0 Å². The fraction of sp³-hybridized carbons (Fsp3) is 0. The number of nitrogens with zero attached hydrogens (tertiary/aromatic N) is 3. The number of carbonyl (C=O) groups is 1. The predicted molar refractivity (Wildman–Crippen MR) is 117 cm³/mol. The molecule has 0 aliphatic carbocycles. The topological polar surface area (TPSA) is 68.0 Å². The predicted octanol–water partition coefficient (Wildman–Crippen LogP) is 5.70. The van der Waals surface area contributed by atoms with E-state index in [9.17, 15) is 9.18 Å². The molecule has 0 aliphatic rings. The van der Waals surface area contributed by atoms with Gasteiger partial charge in [0.2, 0.25) is 0 Å². The number of carboxylic acid groups (broad SMARTS) is 1. The summed E-state index contributed by atoms with van der Waals surface area (Å²) in [6, 6.07) is 16.8. The lowest BCUT2D eigenvalue weighted by molar-refractivity contribution is 0.0696. The zero-order valence-electron chi connectivity index (χ0n) is 15.5. The van der Waals surface area contributed by atoms with E-state index in [2.05, 4.69) is 26.0 Å². The van der Waals surface area contributed by atoms with Gasteiger partial charge in [-0.3, -0.25) is 4.98 Å². The van der Waals surface area contributed by atoms with Crippen molar-refractivity contribution in [1.82, 2.24) is 14.8 Å². The van der Waals surface area contributed by atoms with Crippen molar-refractivity contribution in [2.45, 2.75) is 0 Å². The average molecular weight is 464 g/mol. The van der Waals surface area contributed by atoms with E-state index in [1.54, 1.807) is 22.9 Å². The number of hydrogen-bond acceptors (Lipinski definition) is 3. The van der Waals surface area contributed by atoms with E-state index in [-0.39, 0.29) is 11.4 Å². The first-order chi connectivity index (χ1) is 14.5. The van der Waals surface area contributed by atoms with Gasteiger partial charge in [-0.1, -0.05) is 15.9 Å². The number of aromatic carboxylic acids is 1. The minimum Gasteiger partial charge on any atom is -0.478 e. The van der Waals surface area contributed by atoms with Crippen molar-refractivity contribution in [2.24, 2.45) is 0 Å². The second-order valence-corrected chi connectivity index (χ2v) is 7.38. The van der Waals surface area contributed by atoms with Crippen molar-refractivity contribution in [2.75, 3.05) is 0 Å². The highest BCUT2D eigenvalue weighted by atomic mass is 79.9. The van der Waals surface area contributed by atoms with Crippen molar-refractivity contribution >= 4 is 34.1 Å². The first kappa shape index (κ1) is 19.7. The van der Waals surface area contributed by atoms with Gasteiger partial charge in [-0.2, -0.15) is 5.10 Å². The molecule has 0 radical (unpaired) electrons. The highest BCUT2D eigenvalue weighted by Gasteiger charge is 2.11. The highest BCUT2D eigenvalue weighted by Crippen LogP contribution is 2.26. The molecular weight excluding hydrogens is 449 g/mol. The van der Waals surface area contributed by atoms with Crippen molar-refractivity contribution in [1.29, 1.82) is 0 Å². The molecule has 0 amide bonds. The molecule has 30 heavy (non-hydrogen) atoms. The fourth-order valence-electron chi connectivity index (χ4n) is 2.92. The summed E-state index contributed by atoms with van der Waals surface area (Å²) in [6.07, 6.45) is 6.85. The van der Waals surface area contributed by atoms with Gasteiger partial charge in [0.15, 0.2) is 0 Å². The van der Waals surface area contributed by atoms with Crippen LogP contribution in [0.2, 0.25) is 0 Å². The summed E-state index contributed by atoms with van der Waals surface area (Å²) in [4.78, 5) is 15.4. The first-order valence-corrected chi connectivity index (χ1v) is 9.78. The standard InChI is InChI=1S/C23H15BrFN3O2/c24-18-4-9-21(10-5-18)28-14-17(22(27-28)15-1-6-19(25)7-2-15)3-8-20-13-16(23(29)30)11-12-26-20/h1-14H,(H,29,30)/b8-3+. The molecule has 4 aromatic rings. The van der Waals surface area contributed by atoms with Crippen LogP contribution in [0, 0.1) is 5.82 Å².